The number of hydrogen-bond donors (Lipinski definition) is 1. The summed E-state index contributed by atoms with van der Waals surface area (Å²) in [6.07, 6.45) is 0. The van der Waals surface area contributed by atoms with E-state index in [1.54, 1.807) is 0 Å². The Bertz CT molecular complexity index is 515. The number of rotatable bonds is 6. The molecule has 0 unspecified atom stereocenters. The van der Waals surface area contributed by atoms with Gasteiger partial charge in [0.1, 0.15) is 11.5 Å². The Morgan fingerprint density at radius 2 is 2.00 bits per heavy atom. The second kappa shape index (κ2) is 6.38. The molecule has 4 nitrogen and oxygen atoms in total. The fourth-order valence-corrected chi connectivity index (χ4v) is 2.02. The standard InChI is InChI=1S/C15H20N2O2/c1-4-18-15-8-6-5-7-13(15)9-16-10-14-11(2)17-19-12(14)3/h5-8,16H,4,9-10H2,1-3H3. The molecule has 0 fully saturated rings. The number of nitrogens with one attached hydrogen (secondary N) is 1. The number of ether oxygens (including phenoxy) is 1. The number of hydrogen-bond acceptors (Lipinski definition) is 4. The van der Waals surface area contributed by atoms with E-state index in [1.165, 1.54) is 0 Å². The minimum absolute atomic E-state index is 0.681. The minimum Gasteiger partial charge on any atom is -0.494 e. The molecule has 2 rings (SSSR count). The second-order valence-corrected chi connectivity index (χ2v) is 4.45. The summed E-state index contributed by atoms with van der Waals surface area (Å²) >= 11 is 0. The number of benzene rings is 1. The van der Waals surface area contributed by atoms with Crippen molar-refractivity contribution in [3.63, 3.8) is 0 Å². The Labute approximate surface area is 113 Å². The molecule has 0 saturated carbocycles. The maximum Gasteiger partial charge on any atom is 0.138 e. The largest absolute Gasteiger partial charge is 0.494 e. The van der Waals surface area contributed by atoms with E-state index in [4.69, 9.17) is 9.26 Å². The van der Waals surface area contributed by atoms with Crippen LogP contribution in [0.5, 0.6) is 5.75 Å². The molecule has 1 heterocycles. The molecule has 0 aliphatic rings. The van der Waals surface area contributed by atoms with E-state index in [0.29, 0.717) is 6.61 Å². The molecular weight excluding hydrogens is 240 g/mol. The van der Waals surface area contributed by atoms with Crippen molar-refractivity contribution in [2.75, 3.05) is 6.61 Å². The molecule has 0 spiro atoms. The number of nitrogens with zero attached hydrogens (tertiary/aromatic N) is 1. The van der Waals surface area contributed by atoms with Gasteiger partial charge in [-0.3, -0.25) is 0 Å². The van der Waals surface area contributed by atoms with Gasteiger partial charge >= 0.3 is 0 Å². The van der Waals surface area contributed by atoms with Gasteiger partial charge in [-0.05, 0) is 26.8 Å². The molecule has 19 heavy (non-hydrogen) atoms. The summed E-state index contributed by atoms with van der Waals surface area (Å²) in [5.74, 6) is 1.82. The highest BCUT2D eigenvalue weighted by atomic mass is 16.5. The third kappa shape index (κ3) is 3.35. The van der Waals surface area contributed by atoms with Crippen LogP contribution in [-0.2, 0) is 13.1 Å². The van der Waals surface area contributed by atoms with E-state index in [-0.39, 0.29) is 0 Å². The van der Waals surface area contributed by atoms with Crippen molar-refractivity contribution >= 4 is 0 Å². The lowest BCUT2D eigenvalue weighted by molar-refractivity contribution is 0.335. The summed E-state index contributed by atoms with van der Waals surface area (Å²) < 4.78 is 10.7. The van der Waals surface area contributed by atoms with Crippen molar-refractivity contribution in [1.82, 2.24) is 10.5 Å². The summed E-state index contributed by atoms with van der Waals surface area (Å²) in [6.45, 7) is 8.09. The predicted octanol–water partition coefficient (Wildman–Crippen LogP) is 2.98. The molecule has 1 N–H and O–H groups in total. The van der Waals surface area contributed by atoms with Crippen molar-refractivity contribution in [1.29, 1.82) is 0 Å². The average Bonchev–Trinajstić information content (AvgIpc) is 2.72. The minimum atomic E-state index is 0.681. The van der Waals surface area contributed by atoms with Gasteiger partial charge in [0.25, 0.3) is 0 Å². The molecule has 0 aliphatic carbocycles. The van der Waals surface area contributed by atoms with E-state index >= 15 is 0 Å². The average molecular weight is 260 g/mol. The van der Waals surface area contributed by atoms with Crippen molar-refractivity contribution in [3.8, 4) is 5.75 Å². The maximum absolute atomic E-state index is 5.60. The van der Waals surface area contributed by atoms with Gasteiger partial charge in [0.2, 0.25) is 0 Å². The van der Waals surface area contributed by atoms with Crippen LogP contribution in [0, 0.1) is 13.8 Å². The lowest BCUT2D eigenvalue weighted by Crippen LogP contribution is -2.14. The van der Waals surface area contributed by atoms with Crippen molar-refractivity contribution in [3.05, 3.63) is 46.8 Å². The van der Waals surface area contributed by atoms with Crippen molar-refractivity contribution < 1.29 is 9.26 Å². The first kappa shape index (κ1) is 13.6. The monoisotopic (exact) mass is 260 g/mol. The fraction of sp³-hybridized carbons (Fsp3) is 0.400. The molecule has 0 radical (unpaired) electrons. The molecule has 1 aromatic heterocycles. The van der Waals surface area contributed by atoms with Gasteiger partial charge in [0, 0.05) is 24.2 Å². The molecule has 102 valence electrons. The Kier molecular flexibility index (Phi) is 4.58. The first-order valence-electron chi connectivity index (χ1n) is 6.55. The highest BCUT2D eigenvalue weighted by Gasteiger charge is 2.08. The third-order valence-electron chi connectivity index (χ3n) is 3.07. The Morgan fingerprint density at radius 3 is 2.68 bits per heavy atom. The first-order chi connectivity index (χ1) is 9.22. The summed E-state index contributed by atoms with van der Waals surface area (Å²) in [6, 6.07) is 8.08. The summed E-state index contributed by atoms with van der Waals surface area (Å²) in [7, 11) is 0. The molecule has 1 aromatic carbocycles. The molecule has 0 amide bonds. The third-order valence-corrected chi connectivity index (χ3v) is 3.07. The zero-order valence-corrected chi connectivity index (χ0v) is 11.7. The van der Waals surface area contributed by atoms with Crippen LogP contribution in [0.3, 0.4) is 0 Å². The van der Waals surface area contributed by atoms with E-state index in [1.807, 2.05) is 39.0 Å². The molecular formula is C15H20N2O2. The predicted molar refractivity (Wildman–Crippen MR) is 74.1 cm³/mol. The highest BCUT2D eigenvalue weighted by molar-refractivity contribution is 5.33. The lowest BCUT2D eigenvalue weighted by atomic mass is 10.1. The zero-order valence-electron chi connectivity index (χ0n) is 11.7. The van der Waals surface area contributed by atoms with E-state index in [2.05, 4.69) is 16.5 Å². The topological polar surface area (TPSA) is 47.3 Å². The van der Waals surface area contributed by atoms with Gasteiger partial charge < -0.3 is 14.6 Å². The first-order valence-corrected chi connectivity index (χ1v) is 6.55. The fourth-order valence-electron chi connectivity index (χ4n) is 2.02. The maximum atomic E-state index is 5.60. The summed E-state index contributed by atoms with van der Waals surface area (Å²) in [5.41, 5.74) is 3.24. The quantitative estimate of drug-likeness (QED) is 0.867. The van der Waals surface area contributed by atoms with E-state index in [0.717, 1.165) is 41.4 Å². The van der Waals surface area contributed by atoms with Crippen LogP contribution in [0.25, 0.3) is 0 Å². The van der Waals surface area contributed by atoms with Crippen molar-refractivity contribution in [2.24, 2.45) is 0 Å². The number of aryl methyl sites for hydroxylation is 2. The molecule has 0 bridgehead atoms. The van der Waals surface area contributed by atoms with Gasteiger partial charge in [-0.15, -0.1) is 0 Å². The van der Waals surface area contributed by atoms with Gasteiger partial charge in [-0.1, -0.05) is 23.4 Å². The Hall–Kier alpha value is -1.81. The van der Waals surface area contributed by atoms with Crippen LogP contribution in [0.2, 0.25) is 0 Å². The molecule has 0 saturated heterocycles. The van der Waals surface area contributed by atoms with E-state index in [9.17, 15) is 0 Å². The Morgan fingerprint density at radius 1 is 1.21 bits per heavy atom. The molecule has 0 atom stereocenters. The van der Waals surface area contributed by atoms with Gasteiger partial charge in [0.05, 0.1) is 12.3 Å². The van der Waals surface area contributed by atoms with Crippen LogP contribution in [0.1, 0.15) is 29.5 Å². The smallest absolute Gasteiger partial charge is 0.138 e. The van der Waals surface area contributed by atoms with Crippen LogP contribution < -0.4 is 10.1 Å². The van der Waals surface area contributed by atoms with E-state index < -0.39 is 0 Å². The SMILES string of the molecule is CCOc1ccccc1CNCc1c(C)noc1C. The van der Waals surface area contributed by atoms with Crippen molar-refractivity contribution in [2.45, 2.75) is 33.9 Å². The summed E-state index contributed by atoms with van der Waals surface area (Å²) in [5, 5.41) is 7.35. The van der Waals surface area contributed by atoms with Crippen LogP contribution in [-0.4, -0.2) is 11.8 Å². The second-order valence-electron chi connectivity index (χ2n) is 4.45. The van der Waals surface area contributed by atoms with Crippen LogP contribution >= 0.6 is 0 Å². The van der Waals surface area contributed by atoms with Crippen LogP contribution in [0.15, 0.2) is 28.8 Å². The number of para-hydroxylation sites is 1. The number of aromatic nitrogens is 1. The lowest BCUT2D eigenvalue weighted by Gasteiger charge is -2.10. The van der Waals surface area contributed by atoms with Gasteiger partial charge in [0.15, 0.2) is 0 Å². The molecule has 4 heteroatoms. The summed E-state index contributed by atoms with van der Waals surface area (Å²) in [4.78, 5) is 0. The van der Waals surface area contributed by atoms with Gasteiger partial charge in [-0.2, -0.15) is 0 Å². The zero-order chi connectivity index (χ0) is 13.7. The Balaban J connectivity index is 1.96. The molecule has 0 aliphatic heterocycles. The van der Waals surface area contributed by atoms with Gasteiger partial charge in [-0.25, -0.2) is 0 Å². The normalized spacial score (nSPS) is 10.7. The molecule has 2 aromatic rings. The highest BCUT2D eigenvalue weighted by Crippen LogP contribution is 2.18. The van der Waals surface area contributed by atoms with Crippen LogP contribution in [0.4, 0.5) is 0 Å².